The van der Waals surface area contributed by atoms with Gasteiger partial charge in [-0.3, -0.25) is 4.79 Å². The minimum atomic E-state index is 0.0742. The number of benzene rings is 1. The maximum atomic E-state index is 11.8. The molecule has 1 aliphatic rings. The van der Waals surface area contributed by atoms with Gasteiger partial charge in [0.15, 0.2) is 0 Å². The molecule has 1 amide bonds. The third-order valence-electron chi connectivity index (χ3n) is 3.57. The fourth-order valence-corrected chi connectivity index (χ4v) is 2.76. The van der Waals surface area contributed by atoms with Gasteiger partial charge in [-0.15, -0.1) is 0 Å². The second-order valence-corrected chi connectivity index (χ2v) is 5.55. The minimum absolute atomic E-state index is 0.0742. The molecule has 1 aromatic rings. The van der Waals surface area contributed by atoms with Crippen LogP contribution in [-0.4, -0.2) is 12.5 Å². The van der Waals surface area contributed by atoms with Crippen LogP contribution in [0, 0.1) is 0 Å². The van der Waals surface area contributed by atoms with Gasteiger partial charge in [0.2, 0.25) is 5.91 Å². The molecule has 2 heteroatoms. The SMILES string of the molecule is CCCc1cccc2c1N(C(C)=O)CC2(C)C. The number of aryl methyl sites for hydroxylation is 1. The summed E-state index contributed by atoms with van der Waals surface area (Å²) in [5.41, 5.74) is 3.88. The summed E-state index contributed by atoms with van der Waals surface area (Å²) in [4.78, 5) is 13.7. The number of carbonyl (C=O) groups excluding carboxylic acids is 1. The van der Waals surface area contributed by atoms with Crippen molar-refractivity contribution >= 4 is 11.6 Å². The van der Waals surface area contributed by atoms with Gasteiger partial charge in [0, 0.05) is 18.9 Å². The number of para-hydroxylation sites is 1. The summed E-state index contributed by atoms with van der Waals surface area (Å²) in [5.74, 6) is 0.153. The van der Waals surface area contributed by atoms with Crippen LogP contribution in [0.3, 0.4) is 0 Å². The zero-order chi connectivity index (χ0) is 12.6. The van der Waals surface area contributed by atoms with Gasteiger partial charge in [0.1, 0.15) is 0 Å². The molecule has 0 fully saturated rings. The lowest BCUT2D eigenvalue weighted by atomic mass is 9.86. The molecule has 1 aromatic carbocycles. The van der Waals surface area contributed by atoms with E-state index < -0.39 is 0 Å². The topological polar surface area (TPSA) is 20.3 Å². The molecule has 0 atom stereocenters. The Bertz CT molecular complexity index is 448. The monoisotopic (exact) mass is 231 g/mol. The Kier molecular flexibility index (Phi) is 2.98. The quantitative estimate of drug-likeness (QED) is 0.765. The van der Waals surface area contributed by atoms with E-state index >= 15 is 0 Å². The van der Waals surface area contributed by atoms with Crippen molar-refractivity contribution in [3.05, 3.63) is 29.3 Å². The number of fused-ring (bicyclic) bond motifs is 1. The van der Waals surface area contributed by atoms with Crippen LogP contribution in [0.25, 0.3) is 0 Å². The third kappa shape index (κ3) is 1.97. The van der Waals surface area contributed by atoms with Crippen molar-refractivity contribution < 1.29 is 4.79 Å². The number of anilines is 1. The number of amides is 1. The Morgan fingerprint density at radius 1 is 1.41 bits per heavy atom. The molecule has 0 bridgehead atoms. The second-order valence-electron chi connectivity index (χ2n) is 5.55. The summed E-state index contributed by atoms with van der Waals surface area (Å²) in [7, 11) is 0. The first-order chi connectivity index (χ1) is 7.97. The Labute approximate surface area is 104 Å². The molecule has 0 saturated heterocycles. The van der Waals surface area contributed by atoms with Crippen LogP contribution in [0.2, 0.25) is 0 Å². The number of nitrogens with zero attached hydrogens (tertiary/aromatic N) is 1. The zero-order valence-corrected chi connectivity index (χ0v) is 11.2. The average Bonchev–Trinajstić information content (AvgIpc) is 2.53. The largest absolute Gasteiger partial charge is 0.311 e. The number of carbonyl (C=O) groups is 1. The molecule has 1 aliphatic heterocycles. The first-order valence-corrected chi connectivity index (χ1v) is 6.38. The van der Waals surface area contributed by atoms with Gasteiger partial charge in [-0.25, -0.2) is 0 Å². The van der Waals surface area contributed by atoms with Crippen LogP contribution < -0.4 is 4.90 Å². The summed E-state index contributed by atoms with van der Waals surface area (Å²) in [5, 5.41) is 0. The summed E-state index contributed by atoms with van der Waals surface area (Å²) in [6.45, 7) is 9.07. The molecule has 0 saturated carbocycles. The van der Waals surface area contributed by atoms with Gasteiger partial charge in [-0.05, 0) is 17.5 Å². The van der Waals surface area contributed by atoms with Crippen molar-refractivity contribution in [2.24, 2.45) is 0 Å². The molecule has 2 rings (SSSR count). The van der Waals surface area contributed by atoms with Gasteiger partial charge < -0.3 is 4.90 Å². The van der Waals surface area contributed by atoms with Gasteiger partial charge in [0.05, 0.1) is 5.69 Å². The van der Waals surface area contributed by atoms with Crippen molar-refractivity contribution in [3.8, 4) is 0 Å². The highest BCUT2D eigenvalue weighted by atomic mass is 16.2. The van der Waals surface area contributed by atoms with E-state index in [2.05, 4.69) is 39.0 Å². The minimum Gasteiger partial charge on any atom is -0.311 e. The predicted octanol–water partition coefficient (Wildman–Crippen LogP) is 3.28. The van der Waals surface area contributed by atoms with Crippen molar-refractivity contribution in [1.82, 2.24) is 0 Å². The van der Waals surface area contributed by atoms with Crippen LogP contribution in [-0.2, 0) is 16.6 Å². The van der Waals surface area contributed by atoms with E-state index in [0.29, 0.717) is 0 Å². The van der Waals surface area contributed by atoms with Crippen molar-refractivity contribution in [2.75, 3.05) is 11.4 Å². The lowest BCUT2D eigenvalue weighted by Gasteiger charge is -2.19. The van der Waals surface area contributed by atoms with Gasteiger partial charge in [0.25, 0.3) is 0 Å². The third-order valence-corrected chi connectivity index (χ3v) is 3.57. The maximum Gasteiger partial charge on any atom is 0.223 e. The van der Waals surface area contributed by atoms with Gasteiger partial charge in [-0.2, -0.15) is 0 Å². The van der Waals surface area contributed by atoms with E-state index in [9.17, 15) is 4.79 Å². The molecule has 0 radical (unpaired) electrons. The molecule has 2 nitrogen and oxygen atoms in total. The Morgan fingerprint density at radius 2 is 2.12 bits per heavy atom. The molecule has 92 valence electrons. The lowest BCUT2D eigenvalue weighted by molar-refractivity contribution is -0.116. The lowest BCUT2D eigenvalue weighted by Crippen LogP contribution is -2.32. The summed E-state index contributed by atoms with van der Waals surface area (Å²) in [6.07, 6.45) is 2.16. The van der Waals surface area contributed by atoms with E-state index in [-0.39, 0.29) is 11.3 Å². The molecule has 0 aliphatic carbocycles. The van der Waals surface area contributed by atoms with Crippen molar-refractivity contribution in [1.29, 1.82) is 0 Å². The van der Waals surface area contributed by atoms with Crippen LogP contribution in [0.1, 0.15) is 45.2 Å². The second kappa shape index (κ2) is 4.17. The van der Waals surface area contributed by atoms with Gasteiger partial charge >= 0.3 is 0 Å². The highest BCUT2D eigenvalue weighted by molar-refractivity contribution is 5.95. The predicted molar refractivity (Wildman–Crippen MR) is 71.5 cm³/mol. The normalized spacial score (nSPS) is 17.1. The fraction of sp³-hybridized carbons (Fsp3) is 0.533. The van der Waals surface area contributed by atoms with Crippen molar-refractivity contribution in [2.45, 2.75) is 46.0 Å². The van der Waals surface area contributed by atoms with Crippen LogP contribution in [0.5, 0.6) is 0 Å². The molecule has 0 aromatic heterocycles. The smallest absolute Gasteiger partial charge is 0.223 e. The number of rotatable bonds is 2. The van der Waals surface area contributed by atoms with E-state index in [4.69, 9.17) is 0 Å². The highest BCUT2D eigenvalue weighted by Gasteiger charge is 2.37. The number of hydrogen-bond acceptors (Lipinski definition) is 1. The Hall–Kier alpha value is -1.31. The van der Waals surface area contributed by atoms with Crippen molar-refractivity contribution in [3.63, 3.8) is 0 Å². The average molecular weight is 231 g/mol. The number of hydrogen-bond donors (Lipinski definition) is 0. The molecular formula is C15H21NO. The first-order valence-electron chi connectivity index (χ1n) is 6.38. The van der Waals surface area contributed by atoms with E-state index in [1.807, 2.05) is 4.90 Å². The molecule has 17 heavy (non-hydrogen) atoms. The van der Waals surface area contributed by atoms with Crippen LogP contribution in [0.15, 0.2) is 18.2 Å². The molecule has 0 unspecified atom stereocenters. The van der Waals surface area contributed by atoms with E-state index in [1.165, 1.54) is 16.8 Å². The first kappa shape index (κ1) is 12.2. The summed E-state index contributed by atoms with van der Waals surface area (Å²) in [6, 6.07) is 6.44. The van der Waals surface area contributed by atoms with Gasteiger partial charge in [-0.1, -0.05) is 45.4 Å². The van der Waals surface area contributed by atoms with Crippen LogP contribution in [0.4, 0.5) is 5.69 Å². The van der Waals surface area contributed by atoms with E-state index in [1.54, 1.807) is 6.92 Å². The molecule has 0 spiro atoms. The highest BCUT2D eigenvalue weighted by Crippen LogP contribution is 2.42. The standard InChI is InChI=1S/C15H21NO/c1-5-7-12-8-6-9-13-14(12)16(11(2)17)10-15(13,3)4/h6,8-9H,5,7,10H2,1-4H3. The summed E-state index contributed by atoms with van der Waals surface area (Å²) < 4.78 is 0. The molecular weight excluding hydrogens is 210 g/mol. The Balaban J connectivity index is 2.57. The molecule has 1 heterocycles. The Morgan fingerprint density at radius 3 is 2.71 bits per heavy atom. The zero-order valence-electron chi connectivity index (χ0n) is 11.2. The maximum absolute atomic E-state index is 11.8. The van der Waals surface area contributed by atoms with Crippen LogP contribution >= 0.6 is 0 Å². The fourth-order valence-electron chi connectivity index (χ4n) is 2.76. The summed E-state index contributed by atoms with van der Waals surface area (Å²) >= 11 is 0. The van der Waals surface area contributed by atoms with E-state index in [0.717, 1.165) is 19.4 Å². The molecule has 0 N–H and O–H groups in total.